The van der Waals surface area contributed by atoms with Crippen LogP contribution < -0.4 is 5.32 Å². The normalized spacial score (nSPS) is 25.0. The molecule has 5 nitrogen and oxygen atoms in total. The number of nitrogens with zero attached hydrogens (tertiary/aromatic N) is 2. The second-order valence-electron chi connectivity index (χ2n) is 9.10. The summed E-state index contributed by atoms with van der Waals surface area (Å²) in [5, 5.41) is 3.11. The SMILES string of the molecule is Cc1cccc(C(=O)C/C=C/[C@]23CCC[C@](NC(=O)c4nc(C)ccc4F)(CC2)C3)n1. The van der Waals surface area contributed by atoms with Gasteiger partial charge in [0.15, 0.2) is 17.3 Å². The summed E-state index contributed by atoms with van der Waals surface area (Å²) in [7, 11) is 0. The van der Waals surface area contributed by atoms with Crippen molar-refractivity contribution in [1.82, 2.24) is 15.3 Å². The molecule has 2 atom stereocenters. The van der Waals surface area contributed by atoms with Crippen molar-refractivity contribution < 1.29 is 14.0 Å². The number of halogens is 1. The van der Waals surface area contributed by atoms with Crippen molar-refractivity contribution in [1.29, 1.82) is 0 Å². The molecule has 2 bridgehead atoms. The Labute approximate surface area is 182 Å². The molecule has 1 N–H and O–H groups in total. The van der Waals surface area contributed by atoms with Crippen LogP contribution in [0.25, 0.3) is 0 Å². The van der Waals surface area contributed by atoms with E-state index in [1.54, 1.807) is 19.1 Å². The van der Waals surface area contributed by atoms with Crippen LogP contribution in [0.5, 0.6) is 0 Å². The summed E-state index contributed by atoms with van der Waals surface area (Å²) in [6, 6.07) is 8.31. The van der Waals surface area contributed by atoms with Gasteiger partial charge in [0.2, 0.25) is 0 Å². The van der Waals surface area contributed by atoms with E-state index in [1.165, 1.54) is 6.07 Å². The van der Waals surface area contributed by atoms with E-state index in [-0.39, 0.29) is 22.4 Å². The first-order valence-electron chi connectivity index (χ1n) is 10.9. The Balaban J connectivity index is 1.43. The number of carbonyl (C=O) groups excluding carboxylic acids is 2. The fourth-order valence-corrected chi connectivity index (χ4v) is 5.16. The van der Waals surface area contributed by atoms with Crippen LogP contribution in [0.2, 0.25) is 0 Å². The number of hydrogen-bond donors (Lipinski definition) is 1. The molecule has 0 saturated heterocycles. The Hall–Kier alpha value is -2.89. The standard InChI is InChI=1S/C25H28FN3O2/c1-17-6-3-7-20(27-17)21(30)8-4-11-24-12-5-13-25(16-24,15-14-24)29-23(31)22-19(26)10-9-18(2)28-22/h3-4,6-7,9-11H,5,8,12-16H2,1-2H3,(H,29,31)/b11-4+/t24-,25-/m0/s1. The van der Waals surface area contributed by atoms with Crippen LogP contribution in [0.1, 0.15) is 77.3 Å². The zero-order valence-electron chi connectivity index (χ0n) is 18.1. The molecule has 0 unspecified atom stereocenters. The third-order valence-corrected chi connectivity index (χ3v) is 6.65. The van der Waals surface area contributed by atoms with Gasteiger partial charge in [-0.05, 0) is 75.6 Å². The third kappa shape index (κ3) is 4.58. The van der Waals surface area contributed by atoms with Gasteiger partial charge in [-0.3, -0.25) is 14.6 Å². The van der Waals surface area contributed by atoms with Crippen LogP contribution in [0.4, 0.5) is 4.39 Å². The minimum atomic E-state index is -0.595. The Morgan fingerprint density at radius 3 is 2.68 bits per heavy atom. The molecule has 162 valence electrons. The number of Topliss-reactive ketones (excluding diaryl/α,β-unsaturated/α-hetero) is 1. The number of aromatic nitrogens is 2. The van der Waals surface area contributed by atoms with E-state index < -0.39 is 11.7 Å². The summed E-state index contributed by atoms with van der Waals surface area (Å²) in [5.41, 5.74) is 1.45. The number of nitrogens with one attached hydrogen (secondary N) is 1. The van der Waals surface area contributed by atoms with Gasteiger partial charge in [-0.1, -0.05) is 24.6 Å². The van der Waals surface area contributed by atoms with Crippen molar-refractivity contribution in [3.8, 4) is 0 Å². The van der Waals surface area contributed by atoms with E-state index in [0.29, 0.717) is 17.8 Å². The molecule has 0 aromatic carbocycles. The van der Waals surface area contributed by atoms with Crippen molar-refractivity contribution >= 4 is 11.7 Å². The van der Waals surface area contributed by atoms with E-state index in [9.17, 15) is 14.0 Å². The van der Waals surface area contributed by atoms with Crippen LogP contribution in [0, 0.1) is 25.1 Å². The van der Waals surface area contributed by atoms with Crippen molar-refractivity contribution in [3.63, 3.8) is 0 Å². The topological polar surface area (TPSA) is 72.0 Å². The van der Waals surface area contributed by atoms with Crippen LogP contribution in [-0.2, 0) is 0 Å². The number of carbonyl (C=O) groups is 2. The third-order valence-electron chi connectivity index (χ3n) is 6.65. The summed E-state index contributed by atoms with van der Waals surface area (Å²) in [6.45, 7) is 3.62. The monoisotopic (exact) mass is 421 g/mol. The number of aryl methyl sites for hydroxylation is 2. The van der Waals surface area contributed by atoms with E-state index >= 15 is 0 Å². The highest BCUT2D eigenvalue weighted by molar-refractivity contribution is 5.95. The number of fused-ring (bicyclic) bond motifs is 2. The van der Waals surface area contributed by atoms with Crippen molar-refractivity contribution in [2.75, 3.05) is 0 Å². The molecular weight excluding hydrogens is 393 g/mol. The minimum Gasteiger partial charge on any atom is -0.345 e. The van der Waals surface area contributed by atoms with Crippen LogP contribution in [0.3, 0.4) is 0 Å². The number of ketones is 1. The summed E-state index contributed by atoms with van der Waals surface area (Å²) in [6.07, 6.45) is 9.96. The molecule has 31 heavy (non-hydrogen) atoms. The average molecular weight is 422 g/mol. The minimum absolute atomic E-state index is 0.00530. The molecule has 4 rings (SSSR count). The molecule has 2 saturated carbocycles. The second-order valence-corrected chi connectivity index (χ2v) is 9.10. The molecule has 2 fully saturated rings. The highest BCUT2D eigenvalue weighted by Gasteiger charge is 2.50. The largest absolute Gasteiger partial charge is 0.345 e. The van der Waals surface area contributed by atoms with Gasteiger partial charge in [0, 0.05) is 23.3 Å². The summed E-state index contributed by atoms with van der Waals surface area (Å²) in [5.74, 6) is -1.03. The van der Waals surface area contributed by atoms with Gasteiger partial charge >= 0.3 is 0 Å². The number of amides is 1. The van der Waals surface area contributed by atoms with Gasteiger partial charge in [-0.15, -0.1) is 0 Å². The Morgan fingerprint density at radius 1 is 1.06 bits per heavy atom. The molecule has 1 amide bonds. The molecule has 0 spiro atoms. The molecule has 0 radical (unpaired) electrons. The number of allylic oxidation sites excluding steroid dienone is 2. The molecule has 2 heterocycles. The van der Waals surface area contributed by atoms with Crippen LogP contribution in [-0.4, -0.2) is 27.2 Å². The first kappa shape index (κ1) is 21.3. The lowest BCUT2D eigenvalue weighted by Gasteiger charge is -2.38. The van der Waals surface area contributed by atoms with E-state index in [4.69, 9.17) is 0 Å². The van der Waals surface area contributed by atoms with Gasteiger partial charge in [0.25, 0.3) is 5.91 Å². The molecule has 2 aliphatic carbocycles. The second kappa shape index (κ2) is 8.33. The van der Waals surface area contributed by atoms with Gasteiger partial charge in [0.05, 0.1) is 0 Å². The fourth-order valence-electron chi connectivity index (χ4n) is 5.16. The average Bonchev–Trinajstić information content (AvgIpc) is 2.99. The maximum Gasteiger partial charge on any atom is 0.273 e. The maximum absolute atomic E-state index is 14.1. The molecular formula is C25H28FN3O2. The molecule has 6 heteroatoms. The summed E-state index contributed by atoms with van der Waals surface area (Å²) in [4.78, 5) is 33.6. The molecule has 2 aliphatic rings. The Bertz CT molecular complexity index is 1050. The molecule has 2 aromatic heterocycles. The zero-order valence-corrected chi connectivity index (χ0v) is 18.1. The zero-order chi connectivity index (χ0) is 22.1. The van der Waals surface area contributed by atoms with Crippen molar-refractivity contribution in [2.24, 2.45) is 5.41 Å². The lowest BCUT2D eigenvalue weighted by molar-refractivity contribution is 0.0859. The van der Waals surface area contributed by atoms with E-state index in [0.717, 1.165) is 44.2 Å². The quantitative estimate of drug-likeness (QED) is 0.533. The maximum atomic E-state index is 14.1. The van der Waals surface area contributed by atoms with Crippen LogP contribution >= 0.6 is 0 Å². The van der Waals surface area contributed by atoms with Gasteiger partial charge in [0.1, 0.15) is 5.69 Å². The highest BCUT2D eigenvalue weighted by atomic mass is 19.1. The lowest BCUT2D eigenvalue weighted by Crippen LogP contribution is -2.49. The fraction of sp³-hybridized carbons (Fsp3) is 0.440. The van der Waals surface area contributed by atoms with E-state index in [1.807, 2.05) is 25.1 Å². The predicted molar refractivity (Wildman–Crippen MR) is 116 cm³/mol. The molecule has 2 aromatic rings. The number of pyridine rings is 2. The number of rotatable bonds is 6. The molecule has 0 aliphatic heterocycles. The highest BCUT2D eigenvalue weighted by Crippen LogP contribution is 2.54. The Morgan fingerprint density at radius 2 is 1.87 bits per heavy atom. The van der Waals surface area contributed by atoms with Crippen molar-refractivity contribution in [2.45, 2.75) is 64.3 Å². The smallest absolute Gasteiger partial charge is 0.273 e. The van der Waals surface area contributed by atoms with Gasteiger partial charge in [-0.25, -0.2) is 9.37 Å². The first-order chi connectivity index (χ1) is 14.8. The first-order valence-corrected chi connectivity index (χ1v) is 10.9. The van der Waals surface area contributed by atoms with Crippen LogP contribution in [0.15, 0.2) is 42.5 Å². The van der Waals surface area contributed by atoms with Gasteiger partial charge in [-0.2, -0.15) is 0 Å². The van der Waals surface area contributed by atoms with Gasteiger partial charge < -0.3 is 5.32 Å². The Kier molecular flexibility index (Phi) is 5.73. The van der Waals surface area contributed by atoms with Crippen molar-refractivity contribution in [3.05, 3.63) is 71.1 Å². The summed E-state index contributed by atoms with van der Waals surface area (Å²) >= 11 is 0. The number of hydrogen-bond acceptors (Lipinski definition) is 4. The predicted octanol–water partition coefficient (Wildman–Crippen LogP) is 4.88. The van der Waals surface area contributed by atoms with E-state index in [2.05, 4.69) is 21.4 Å². The lowest BCUT2D eigenvalue weighted by atomic mass is 9.72. The summed E-state index contributed by atoms with van der Waals surface area (Å²) < 4.78 is 14.1.